The van der Waals surface area contributed by atoms with Crippen molar-refractivity contribution in [1.82, 2.24) is 10.2 Å². The number of methoxy groups -OCH3 is 1. The molecule has 2 amide bonds. The Bertz CT molecular complexity index is 1390. The second-order valence-electron chi connectivity index (χ2n) is 8.29. The highest BCUT2D eigenvalue weighted by molar-refractivity contribution is 7.92. The molecule has 1 atom stereocenters. The van der Waals surface area contributed by atoms with Crippen LogP contribution in [0.25, 0.3) is 0 Å². The number of sulfonamides is 1. The van der Waals surface area contributed by atoms with Gasteiger partial charge in [0.15, 0.2) is 0 Å². The van der Waals surface area contributed by atoms with E-state index in [1.807, 2.05) is 0 Å². The first-order chi connectivity index (χ1) is 18.1. The predicted molar refractivity (Wildman–Crippen MR) is 149 cm³/mol. The number of carbonyl (C=O) groups is 2. The van der Waals surface area contributed by atoms with E-state index in [0.29, 0.717) is 22.8 Å². The van der Waals surface area contributed by atoms with Gasteiger partial charge in [-0.3, -0.25) is 13.9 Å². The van der Waals surface area contributed by atoms with E-state index >= 15 is 0 Å². The number of nitrogens with one attached hydrogen (secondary N) is 1. The summed E-state index contributed by atoms with van der Waals surface area (Å²) in [6.45, 7) is 1.19. The molecule has 0 aliphatic heterocycles. The van der Waals surface area contributed by atoms with E-state index in [1.54, 1.807) is 49.4 Å². The van der Waals surface area contributed by atoms with E-state index in [2.05, 4.69) is 5.32 Å². The number of rotatable bonds is 11. The van der Waals surface area contributed by atoms with Crippen molar-refractivity contribution in [2.75, 3.05) is 25.0 Å². The number of amides is 2. The normalized spacial score (nSPS) is 11.9. The van der Waals surface area contributed by atoms with Gasteiger partial charge in [-0.1, -0.05) is 66.5 Å². The molecule has 0 aliphatic rings. The molecule has 0 spiro atoms. The van der Waals surface area contributed by atoms with Crippen molar-refractivity contribution in [3.63, 3.8) is 0 Å². The lowest BCUT2D eigenvalue weighted by molar-refractivity contribution is -0.140. The van der Waals surface area contributed by atoms with Crippen molar-refractivity contribution in [3.05, 3.63) is 88.4 Å². The van der Waals surface area contributed by atoms with E-state index in [4.69, 9.17) is 27.9 Å². The van der Waals surface area contributed by atoms with Crippen molar-refractivity contribution in [2.24, 2.45) is 0 Å². The average Bonchev–Trinajstić information content (AvgIpc) is 2.92. The molecule has 38 heavy (non-hydrogen) atoms. The van der Waals surface area contributed by atoms with Crippen LogP contribution in [-0.2, 0) is 26.2 Å². The van der Waals surface area contributed by atoms with Crippen LogP contribution < -0.4 is 14.4 Å². The number of hydrogen-bond donors (Lipinski definition) is 1. The molecule has 1 N–H and O–H groups in total. The van der Waals surface area contributed by atoms with Gasteiger partial charge >= 0.3 is 0 Å². The van der Waals surface area contributed by atoms with Gasteiger partial charge in [-0.25, -0.2) is 8.42 Å². The molecule has 0 aliphatic carbocycles. The summed E-state index contributed by atoms with van der Waals surface area (Å²) in [5.41, 5.74) is 0.786. The standard InChI is InChI=1S/C27H29Cl2N3O5S/c1-4-24(27(34)30-2)31(17-19-10-8-9-13-22(19)28)26(33)18-32(20-14-15-25(37-3)23(29)16-20)38(35,36)21-11-6-5-7-12-21/h5-16,24H,4,17-18H2,1-3H3,(H,30,34)/t24-/m1/s1. The summed E-state index contributed by atoms with van der Waals surface area (Å²) >= 11 is 12.7. The van der Waals surface area contributed by atoms with Crippen LogP contribution in [-0.4, -0.2) is 51.9 Å². The van der Waals surface area contributed by atoms with Crippen molar-refractivity contribution in [3.8, 4) is 5.75 Å². The molecular formula is C27H29Cl2N3O5S. The molecule has 0 aromatic heterocycles. The van der Waals surface area contributed by atoms with Crippen LogP contribution >= 0.6 is 23.2 Å². The first kappa shape index (κ1) is 29.3. The third-order valence-corrected chi connectivity index (χ3v) is 8.42. The number of nitrogens with zero attached hydrogens (tertiary/aromatic N) is 2. The number of hydrogen-bond acceptors (Lipinski definition) is 5. The molecule has 0 bridgehead atoms. The quantitative estimate of drug-likeness (QED) is 0.354. The Kier molecular flexibility index (Phi) is 10.0. The van der Waals surface area contributed by atoms with E-state index in [0.717, 1.165) is 4.31 Å². The Balaban J connectivity index is 2.09. The Morgan fingerprint density at radius 1 is 0.974 bits per heavy atom. The molecule has 0 unspecified atom stereocenters. The largest absolute Gasteiger partial charge is 0.495 e. The summed E-state index contributed by atoms with van der Waals surface area (Å²) in [4.78, 5) is 28.0. The predicted octanol–water partition coefficient (Wildman–Crippen LogP) is 4.75. The fourth-order valence-corrected chi connectivity index (χ4v) is 5.83. The molecule has 0 saturated heterocycles. The summed E-state index contributed by atoms with van der Waals surface area (Å²) < 4.78 is 33.7. The maximum absolute atomic E-state index is 13.9. The minimum atomic E-state index is -4.20. The third kappa shape index (κ3) is 6.59. The van der Waals surface area contributed by atoms with Crippen molar-refractivity contribution in [1.29, 1.82) is 0 Å². The van der Waals surface area contributed by atoms with Gasteiger partial charge < -0.3 is 15.0 Å². The SMILES string of the molecule is CC[C@H](C(=O)NC)N(Cc1ccccc1Cl)C(=O)CN(c1ccc(OC)c(Cl)c1)S(=O)(=O)c1ccccc1. The summed E-state index contributed by atoms with van der Waals surface area (Å²) in [5.74, 6) is -0.616. The summed E-state index contributed by atoms with van der Waals surface area (Å²) in [6, 6.07) is 18.3. The van der Waals surface area contributed by atoms with Crippen LogP contribution in [0.4, 0.5) is 5.69 Å². The molecule has 3 aromatic rings. The fourth-order valence-electron chi connectivity index (χ4n) is 3.96. The van der Waals surface area contributed by atoms with Crippen LogP contribution in [0.2, 0.25) is 10.0 Å². The maximum atomic E-state index is 13.9. The molecule has 0 fully saturated rings. The zero-order valence-corrected chi connectivity index (χ0v) is 23.6. The lowest BCUT2D eigenvalue weighted by Gasteiger charge is -2.33. The molecular weight excluding hydrogens is 549 g/mol. The van der Waals surface area contributed by atoms with Crippen LogP contribution in [0.1, 0.15) is 18.9 Å². The van der Waals surface area contributed by atoms with E-state index in [-0.39, 0.29) is 28.1 Å². The minimum absolute atomic E-state index is 0.00395. The summed E-state index contributed by atoms with van der Waals surface area (Å²) in [6.07, 6.45) is 0.301. The van der Waals surface area contributed by atoms with Gasteiger partial charge in [0, 0.05) is 18.6 Å². The van der Waals surface area contributed by atoms with Crippen LogP contribution in [0.5, 0.6) is 5.75 Å². The van der Waals surface area contributed by atoms with Gasteiger partial charge in [-0.15, -0.1) is 0 Å². The Morgan fingerprint density at radius 2 is 1.63 bits per heavy atom. The first-order valence-electron chi connectivity index (χ1n) is 11.8. The monoisotopic (exact) mass is 577 g/mol. The molecule has 0 saturated carbocycles. The zero-order valence-electron chi connectivity index (χ0n) is 21.2. The molecule has 3 aromatic carbocycles. The van der Waals surface area contributed by atoms with Crippen LogP contribution in [0.3, 0.4) is 0 Å². The fraction of sp³-hybridized carbons (Fsp3) is 0.259. The lowest BCUT2D eigenvalue weighted by atomic mass is 10.1. The molecule has 0 radical (unpaired) electrons. The van der Waals surface area contributed by atoms with E-state index < -0.39 is 28.5 Å². The second-order valence-corrected chi connectivity index (χ2v) is 11.0. The highest BCUT2D eigenvalue weighted by Gasteiger charge is 2.33. The molecule has 3 rings (SSSR count). The highest BCUT2D eigenvalue weighted by atomic mass is 35.5. The van der Waals surface area contributed by atoms with E-state index in [9.17, 15) is 18.0 Å². The average molecular weight is 579 g/mol. The Morgan fingerprint density at radius 3 is 2.21 bits per heavy atom. The topological polar surface area (TPSA) is 96.0 Å². The number of anilines is 1. The number of halogens is 2. The van der Waals surface area contributed by atoms with Gasteiger partial charge in [0.2, 0.25) is 11.8 Å². The molecule has 202 valence electrons. The first-order valence-corrected chi connectivity index (χ1v) is 14.0. The number of ether oxygens (including phenoxy) is 1. The van der Waals surface area contributed by atoms with Gasteiger partial charge in [0.05, 0.1) is 22.7 Å². The zero-order chi connectivity index (χ0) is 27.9. The van der Waals surface area contributed by atoms with Gasteiger partial charge in [0.1, 0.15) is 18.3 Å². The maximum Gasteiger partial charge on any atom is 0.264 e. The van der Waals surface area contributed by atoms with Gasteiger partial charge in [-0.2, -0.15) is 0 Å². The summed E-state index contributed by atoms with van der Waals surface area (Å²) in [5, 5.41) is 3.18. The van der Waals surface area contributed by atoms with Crippen molar-refractivity contribution < 1.29 is 22.7 Å². The Labute approximate surface area is 233 Å². The smallest absolute Gasteiger partial charge is 0.264 e. The second kappa shape index (κ2) is 13.0. The third-order valence-electron chi connectivity index (χ3n) is 5.96. The number of carbonyl (C=O) groups excluding carboxylic acids is 2. The molecule has 11 heteroatoms. The number of likely N-dealkylation sites (N-methyl/N-ethyl adjacent to an activating group) is 1. The van der Waals surface area contributed by atoms with Gasteiger partial charge in [0.25, 0.3) is 10.0 Å². The van der Waals surface area contributed by atoms with Crippen LogP contribution in [0, 0.1) is 0 Å². The van der Waals surface area contributed by atoms with Crippen LogP contribution in [0.15, 0.2) is 77.7 Å². The Hall–Kier alpha value is -3.27. The van der Waals surface area contributed by atoms with Gasteiger partial charge in [-0.05, 0) is 48.4 Å². The van der Waals surface area contributed by atoms with Crippen molar-refractivity contribution in [2.45, 2.75) is 30.8 Å². The minimum Gasteiger partial charge on any atom is -0.495 e. The highest BCUT2D eigenvalue weighted by Crippen LogP contribution is 2.32. The number of benzene rings is 3. The van der Waals surface area contributed by atoms with E-state index in [1.165, 1.54) is 49.4 Å². The van der Waals surface area contributed by atoms with Crippen molar-refractivity contribution >= 4 is 50.7 Å². The lowest BCUT2D eigenvalue weighted by Crippen LogP contribution is -2.51. The molecule has 8 nitrogen and oxygen atoms in total. The summed E-state index contributed by atoms with van der Waals surface area (Å²) in [7, 11) is -1.27. The molecule has 0 heterocycles.